The van der Waals surface area contributed by atoms with Gasteiger partial charge in [0.15, 0.2) is 6.10 Å². The van der Waals surface area contributed by atoms with Crippen LogP contribution in [0.1, 0.15) is 17.3 Å². The quantitative estimate of drug-likeness (QED) is 0.355. The van der Waals surface area contributed by atoms with E-state index in [0.717, 1.165) is 18.2 Å². The Morgan fingerprint density at radius 3 is 2.62 bits per heavy atom. The topological polar surface area (TPSA) is 125 Å². The van der Waals surface area contributed by atoms with Crippen LogP contribution in [-0.2, 0) is 9.53 Å². The van der Waals surface area contributed by atoms with Crippen molar-refractivity contribution in [3.8, 4) is 0 Å². The number of rotatable bonds is 5. The first-order chi connectivity index (χ1) is 12.2. The molecular weight excluding hydrogens is 369 g/mol. The Morgan fingerprint density at radius 2 is 2.00 bits per heavy atom. The van der Waals surface area contributed by atoms with E-state index in [0.29, 0.717) is 5.02 Å². The van der Waals surface area contributed by atoms with E-state index in [1.807, 2.05) is 0 Å². The van der Waals surface area contributed by atoms with E-state index in [1.165, 1.54) is 25.1 Å². The highest BCUT2D eigenvalue weighted by Gasteiger charge is 2.22. The summed E-state index contributed by atoms with van der Waals surface area (Å²) >= 11 is 5.74. The molecule has 0 saturated heterocycles. The second-order valence-electron chi connectivity index (χ2n) is 5.19. The summed E-state index contributed by atoms with van der Waals surface area (Å²) in [7, 11) is 0. The third-order valence-electron chi connectivity index (χ3n) is 3.30. The van der Waals surface area contributed by atoms with Crippen LogP contribution < -0.4 is 11.1 Å². The second kappa shape index (κ2) is 7.79. The van der Waals surface area contributed by atoms with Crippen molar-refractivity contribution in [3.63, 3.8) is 0 Å². The van der Waals surface area contributed by atoms with E-state index in [1.54, 1.807) is 0 Å². The average Bonchev–Trinajstić information content (AvgIpc) is 2.55. The van der Waals surface area contributed by atoms with E-state index in [-0.39, 0.29) is 16.9 Å². The van der Waals surface area contributed by atoms with Crippen molar-refractivity contribution in [2.75, 3.05) is 11.1 Å². The number of hydrogen-bond donors (Lipinski definition) is 2. The number of nitrogens with one attached hydrogen (secondary N) is 1. The maximum Gasteiger partial charge on any atom is 0.341 e. The van der Waals surface area contributed by atoms with Crippen molar-refractivity contribution in [1.82, 2.24) is 0 Å². The molecule has 10 heteroatoms. The first kappa shape index (κ1) is 19.1. The molecule has 3 N–H and O–H groups in total. The molecule has 8 nitrogen and oxygen atoms in total. The van der Waals surface area contributed by atoms with Gasteiger partial charge >= 0.3 is 11.7 Å². The number of ether oxygens (including phenoxy) is 1. The first-order valence-electron chi connectivity index (χ1n) is 7.20. The Kier molecular flexibility index (Phi) is 5.73. The van der Waals surface area contributed by atoms with Crippen molar-refractivity contribution in [2.24, 2.45) is 0 Å². The molecule has 0 aliphatic carbocycles. The SMILES string of the molecule is C[C@@H](OC(=O)c1ccc(Cl)cc1N)C(=O)Nc1ccc(F)c([N+](=O)[O-])c1. The van der Waals surface area contributed by atoms with E-state index < -0.39 is 34.4 Å². The Morgan fingerprint density at radius 1 is 1.31 bits per heavy atom. The Bertz CT molecular complexity index is 890. The molecule has 0 aliphatic heterocycles. The summed E-state index contributed by atoms with van der Waals surface area (Å²) in [5.41, 5.74) is 4.99. The molecule has 2 aromatic carbocycles. The highest BCUT2D eigenvalue weighted by atomic mass is 35.5. The Balaban J connectivity index is 2.07. The van der Waals surface area contributed by atoms with Crippen LogP contribution in [0, 0.1) is 15.9 Å². The molecule has 26 heavy (non-hydrogen) atoms. The smallest absolute Gasteiger partial charge is 0.341 e. The summed E-state index contributed by atoms with van der Waals surface area (Å²) in [5.74, 6) is -2.63. The van der Waals surface area contributed by atoms with Gasteiger partial charge in [0.05, 0.1) is 10.5 Å². The van der Waals surface area contributed by atoms with Crippen LogP contribution >= 0.6 is 11.6 Å². The Labute approximate surface area is 151 Å². The number of nitro groups is 1. The number of nitrogens with two attached hydrogens (primary N) is 1. The molecule has 0 fully saturated rings. The standard InChI is InChI=1S/C16H13ClFN3O5/c1-8(26-16(23)11-4-2-9(17)6-13(11)19)15(22)20-10-3-5-12(18)14(7-10)21(24)25/h2-8H,19H2,1H3,(H,20,22)/t8-/m1/s1. The third kappa shape index (κ3) is 4.45. The predicted octanol–water partition coefficient (Wildman–Crippen LogP) is 3.15. The van der Waals surface area contributed by atoms with Crippen LogP contribution in [0.15, 0.2) is 36.4 Å². The van der Waals surface area contributed by atoms with Crippen molar-refractivity contribution in [1.29, 1.82) is 0 Å². The van der Waals surface area contributed by atoms with Gasteiger partial charge in [-0.1, -0.05) is 11.6 Å². The minimum absolute atomic E-state index is 0.0167. The van der Waals surface area contributed by atoms with E-state index >= 15 is 0 Å². The minimum atomic E-state index is -1.23. The number of nitro benzene ring substituents is 1. The number of carbonyl (C=O) groups excluding carboxylic acids is 2. The van der Waals surface area contributed by atoms with Gasteiger partial charge in [-0.3, -0.25) is 14.9 Å². The number of amides is 1. The lowest BCUT2D eigenvalue weighted by molar-refractivity contribution is -0.387. The van der Waals surface area contributed by atoms with Crippen LogP contribution in [0.25, 0.3) is 0 Å². The molecule has 2 aromatic rings. The van der Waals surface area contributed by atoms with E-state index in [2.05, 4.69) is 5.32 Å². The summed E-state index contributed by atoms with van der Waals surface area (Å²) < 4.78 is 18.3. The zero-order valence-corrected chi connectivity index (χ0v) is 14.1. The molecule has 2 rings (SSSR count). The summed E-state index contributed by atoms with van der Waals surface area (Å²) in [4.78, 5) is 33.9. The van der Waals surface area contributed by atoms with Gasteiger partial charge in [-0.05, 0) is 37.3 Å². The number of benzene rings is 2. The summed E-state index contributed by atoms with van der Waals surface area (Å²) in [5, 5.41) is 13.4. The van der Waals surface area contributed by atoms with Crippen molar-refractivity contribution in [3.05, 3.63) is 62.9 Å². The van der Waals surface area contributed by atoms with Crippen LogP contribution in [0.5, 0.6) is 0 Å². The van der Waals surface area contributed by atoms with Gasteiger partial charge in [0.2, 0.25) is 5.82 Å². The fourth-order valence-electron chi connectivity index (χ4n) is 1.97. The fourth-order valence-corrected chi connectivity index (χ4v) is 2.15. The highest BCUT2D eigenvalue weighted by Crippen LogP contribution is 2.22. The van der Waals surface area contributed by atoms with Crippen molar-refractivity contribution >= 4 is 40.5 Å². The average molecular weight is 382 g/mol. The number of esters is 1. The molecule has 1 amide bonds. The molecule has 1 atom stereocenters. The zero-order chi connectivity index (χ0) is 19.4. The number of anilines is 2. The zero-order valence-electron chi connectivity index (χ0n) is 13.4. The minimum Gasteiger partial charge on any atom is -0.449 e. The maximum absolute atomic E-state index is 13.3. The van der Waals surface area contributed by atoms with Gasteiger partial charge in [0, 0.05) is 22.5 Å². The largest absolute Gasteiger partial charge is 0.449 e. The van der Waals surface area contributed by atoms with Crippen molar-refractivity contribution in [2.45, 2.75) is 13.0 Å². The summed E-state index contributed by atoms with van der Waals surface area (Å²) in [6.45, 7) is 1.30. The predicted molar refractivity (Wildman–Crippen MR) is 92.4 cm³/mol. The molecule has 0 aromatic heterocycles. The number of halogens is 2. The molecule has 136 valence electrons. The van der Waals surface area contributed by atoms with Gasteiger partial charge in [-0.25, -0.2) is 4.79 Å². The number of hydrogen-bond acceptors (Lipinski definition) is 6. The molecule has 0 saturated carbocycles. The van der Waals surface area contributed by atoms with Crippen LogP contribution in [-0.4, -0.2) is 22.9 Å². The lowest BCUT2D eigenvalue weighted by atomic mass is 10.2. The molecule has 0 radical (unpaired) electrons. The Hall–Kier alpha value is -3.20. The molecule has 0 aliphatic rings. The van der Waals surface area contributed by atoms with Crippen LogP contribution in [0.4, 0.5) is 21.5 Å². The number of carbonyl (C=O) groups is 2. The van der Waals surface area contributed by atoms with Gasteiger partial charge in [0.1, 0.15) is 0 Å². The van der Waals surface area contributed by atoms with Gasteiger partial charge in [-0.2, -0.15) is 4.39 Å². The summed E-state index contributed by atoms with van der Waals surface area (Å²) in [6, 6.07) is 7.01. The third-order valence-corrected chi connectivity index (χ3v) is 3.53. The number of nitrogen functional groups attached to an aromatic ring is 1. The highest BCUT2D eigenvalue weighted by molar-refractivity contribution is 6.31. The van der Waals surface area contributed by atoms with Gasteiger partial charge in [0.25, 0.3) is 5.91 Å². The second-order valence-corrected chi connectivity index (χ2v) is 5.63. The van der Waals surface area contributed by atoms with Gasteiger partial charge < -0.3 is 15.8 Å². The fraction of sp³-hybridized carbons (Fsp3) is 0.125. The molecule has 0 heterocycles. The molecule has 0 spiro atoms. The number of nitrogens with zero attached hydrogens (tertiary/aromatic N) is 1. The molecule has 0 bridgehead atoms. The summed E-state index contributed by atoms with van der Waals surface area (Å²) in [6.07, 6.45) is -1.23. The first-order valence-corrected chi connectivity index (χ1v) is 7.57. The van der Waals surface area contributed by atoms with E-state index in [4.69, 9.17) is 22.1 Å². The molecular formula is C16H13ClFN3O5. The monoisotopic (exact) mass is 381 g/mol. The normalized spacial score (nSPS) is 11.5. The van der Waals surface area contributed by atoms with Crippen LogP contribution in [0.2, 0.25) is 5.02 Å². The molecule has 0 unspecified atom stereocenters. The lowest BCUT2D eigenvalue weighted by Crippen LogP contribution is -2.30. The van der Waals surface area contributed by atoms with Crippen molar-refractivity contribution < 1.29 is 23.6 Å². The van der Waals surface area contributed by atoms with Gasteiger partial charge in [-0.15, -0.1) is 0 Å². The lowest BCUT2D eigenvalue weighted by Gasteiger charge is -2.14. The maximum atomic E-state index is 13.3. The van der Waals surface area contributed by atoms with E-state index in [9.17, 15) is 24.1 Å². The van der Waals surface area contributed by atoms with Crippen LogP contribution in [0.3, 0.4) is 0 Å².